The molecule has 2 unspecified atom stereocenters. The maximum absolute atomic E-state index is 13.1. The van der Waals surface area contributed by atoms with Crippen LogP contribution >= 0.6 is 0 Å². The number of hydrogen-bond acceptors (Lipinski definition) is 5. The van der Waals surface area contributed by atoms with E-state index >= 15 is 0 Å². The number of urea groups is 1. The minimum absolute atomic E-state index is 0.118. The molecule has 3 aliphatic rings. The van der Waals surface area contributed by atoms with Crippen LogP contribution in [0.15, 0.2) is 35.3 Å². The third-order valence-corrected chi connectivity index (χ3v) is 5.38. The number of aliphatic imine (C=N–C) groups is 1. The number of hydrogen-bond donors (Lipinski definition) is 0. The van der Waals surface area contributed by atoms with Crippen LogP contribution in [0.25, 0.3) is 0 Å². The highest BCUT2D eigenvalue weighted by Gasteiger charge is 2.54. The predicted octanol–water partition coefficient (Wildman–Crippen LogP) is 1.81. The van der Waals surface area contributed by atoms with Crippen LogP contribution in [0.5, 0.6) is 0 Å². The summed E-state index contributed by atoms with van der Waals surface area (Å²) in [6.07, 6.45) is 0.374. The maximum atomic E-state index is 13.1. The molecule has 3 aliphatic heterocycles. The molecule has 0 saturated carbocycles. The van der Waals surface area contributed by atoms with Gasteiger partial charge in [-0.2, -0.15) is 0 Å². The van der Waals surface area contributed by atoms with Gasteiger partial charge >= 0.3 is 6.03 Å². The van der Waals surface area contributed by atoms with Crippen molar-refractivity contribution in [3.8, 4) is 0 Å². The number of benzene rings is 1. The van der Waals surface area contributed by atoms with Crippen molar-refractivity contribution < 1.29 is 9.59 Å². The quantitative estimate of drug-likeness (QED) is 0.827. The highest BCUT2D eigenvalue weighted by atomic mass is 16.2. The van der Waals surface area contributed by atoms with Gasteiger partial charge in [0.2, 0.25) is 5.96 Å². The lowest BCUT2D eigenvalue weighted by Gasteiger charge is -2.40. The molecule has 2 saturated heterocycles. The molecule has 4 rings (SSSR count). The normalized spacial score (nSPS) is 25.2. The number of fused-ring (bicyclic) bond motifs is 3. The standard InChI is InChI=1S/C19H25N5O2/c1-13(2)9-10-24-17(25)15-16(21(3)19(24)26)20-18-22(11-12-23(15)18)14-7-5-4-6-8-14/h4-8,13,15-16H,9-12H2,1-3H3. The zero-order valence-corrected chi connectivity index (χ0v) is 15.5. The summed E-state index contributed by atoms with van der Waals surface area (Å²) in [6, 6.07) is 9.40. The summed E-state index contributed by atoms with van der Waals surface area (Å²) in [4.78, 5) is 37.8. The van der Waals surface area contributed by atoms with Crippen LogP contribution in [-0.2, 0) is 4.79 Å². The molecule has 3 amide bonds. The van der Waals surface area contributed by atoms with E-state index in [0.717, 1.165) is 31.2 Å². The lowest BCUT2D eigenvalue weighted by atomic mass is 10.1. The molecule has 3 heterocycles. The van der Waals surface area contributed by atoms with Gasteiger partial charge in [0.25, 0.3) is 5.91 Å². The fourth-order valence-corrected chi connectivity index (χ4v) is 3.88. The minimum atomic E-state index is -0.438. The molecule has 138 valence electrons. The molecule has 0 aromatic heterocycles. The van der Waals surface area contributed by atoms with Crippen LogP contribution in [0.2, 0.25) is 0 Å². The Hall–Kier alpha value is -2.57. The van der Waals surface area contributed by atoms with E-state index in [-0.39, 0.29) is 11.9 Å². The fourth-order valence-electron chi connectivity index (χ4n) is 3.88. The van der Waals surface area contributed by atoms with Crippen LogP contribution in [-0.4, -0.2) is 71.5 Å². The summed E-state index contributed by atoms with van der Waals surface area (Å²) >= 11 is 0. The number of nitrogens with zero attached hydrogens (tertiary/aromatic N) is 5. The van der Waals surface area contributed by atoms with Gasteiger partial charge in [0.05, 0.1) is 0 Å². The molecule has 2 fully saturated rings. The van der Waals surface area contributed by atoms with Gasteiger partial charge in [-0.1, -0.05) is 32.0 Å². The van der Waals surface area contributed by atoms with Gasteiger partial charge in [-0.25, -0.2) is 9.79 Å². The third kappa shape index (κ3) is 2.53. The summed E-state index contributed by atoms with van der Waals surface area (Å²) < 4.78 is 0. The Morgan fingerprint density at radius 3 is 2.58 bits per heavy atom. The van der Waals surface area contributed by atoms with Gasteiger partial charge < -0.3 is 14.7 Å². The van der Waals surface area contributed by atoms with Gasteiger partial charge in [0.15, 0.2) is 12.2 Å². The number of amides is 3. The van der Waals surface area contributed by atoms with E-state index in [1.165, 1.54) is 4.90 Å². The second-order valence-corrected chi connectivity index (χ2v) is 7.53. The molecule has 0 spiro atoms. The Morgan fingerprint density at radius 1 is 1.15 bits per heavy atom. The molecule has 0 aliphatic carbocycles. The molecule has 7 heteroatoms. The highest BCUT2D eigenvalue weighted by Crippen LogP contribution is 2.33. The summed E-state index contributed by atoms with van der Waals surface area (Å²) in [7, 11) is 1.74. The van der Waals surface area contributed by atoms with E-state index in [1.54, 1.807) is 11.9 Å². The molecule has 0 radical (unpaired) electrons. The molecular weight excluding hydrogens is 330 g/mol. The van der Waals surface area contributed by atoms with Crippen molar-refractivity contribution in [2.24, 2.45) is 10.9 Å². The van der Waals surface area contributed by atoms with E-state index in [1.807, 2.05) is 30.3 Å². The van der Waals surface area contributed by atoms with Crippen molar-refractivity contribution in [3.05, 3.63) is 30.3 Å². The molecule has 0 bridgehead atoms. The number of para-hydroxylation sites is 1. The van der Waals surface area contributed by atoms with Crippen molar-refractivity contribution in [2.45, 2.75) is 32.5 Å². The van der Waals surface area contributed by atoms with Gasteiger partial charge in [-0.15, -0.1) is 0 Å². The molecule has 2 atom stereocenters. The average Bonchev–Trinajstić information content (AvgIpc) is 3.19. The number of rotatable bonds is 4. The summed E-state index contributed by atoms with van der Waals surface area (Å²) in [5.41, 5.74) is 1.06. The number of carbonyl (C=O) groups is 2. The summed E-state index contributed by atoms with van der Waals surface area (Å²) in [5, 5.41) is 0. The molecule has 7 nitrogen and oxygen atoms in total. The van der Waals surface area contributed by atoms with Gasteiger partial charge in [-0.05, 0) is 24.5 Å². The Morgan fingerprint density at radius 2 is 1.88 bits per heavy atom. The molecule has 26 heavy (non-hydrogen) atoms. The number of guanidine groups is 1. The number of imide groups is 1. The van der Waals surface area contributed by atoms with Crippen molar-refractivity contribution in [3.63, 3.8) is 0 Å². The van der Waals surface area contributed by atoms with Crippen molar-refractivity contribution in [1.82, 2.24) is 14.7 Å². The summed E-state index contributed by atoms with van der Waals surface area (Å²) in [5.74, 6) is 1.12. The van der Waals surface area contributed by atoms with Crippen LogP contribution in [0.1, 0.15) is 20.3 Å². The zero-order valence-electron chi connectivity index (χ0n) is 15.5. The van der Waals surface area contributed by atoms with Crippen LogP contribution in [0.4, 0.5) is 10.5 Å². The van der Waals surface area contributed by atoms with E-state index in [0.29, 0.717) is 12.5 Å². The van der Waals surface area contributed by atoms with E-state index in [2.05, 4.69) is 23.6 Å². The molecular formula is C19H25N5O2. The lowest BCUT2D eigenvalue weighted by molar-refractivity contribution is -0.137. The van der Waals surface area contributed by atoms with Gasteiger partial charge in [0.1, 0.15) is 0 Å². The predicted molar refractivity (Wildman–Crippen MR) is 99.8 cm³/mol. The van der Waals surface area contributed by atoms with Crippen LogP contribution in [0, 0.1) is 5.92 Å². The zero-order chi connectivity index (χ0) is 18.4. The Labute approximate surface area is 153 Å². The summed E-state index contributed by atoms with van der Waals surface area (Å²) in [6.45, 7) is 6.19. The SMILES string of the molecule is CC(C)CCN1C(=O)C2C(N=C3N(c4ccccc4)CCN32)N(C)C1=O. The third-order valence-electron chi connectivity index (χ3n) is 5.38. The molecule has 0 N–H and O–H groups in total. The van der Waals surface area contributed by atoms with Crippen LogP contribution < -0.4 is 4.90 Å². The van der Waals surface area contributed by atoms with Gasteiger partial charge in [0, 0.05) is 32.4 Å². The number of anilines is 1. The second kappa shape index (κ2) is 6.30. The number of carbonyl (C=O) groups excluding carboxylic acids is 2. The van der Waals surface area contributed by atoms with Crippen molar-refractivity contribution in [1.29, 1.82) is 0 Å². The smallest absolute Gasteiger partial charge is 0.325 e. The molecule has 1 aromatic rings. The average molecular weight is 355 g/mol. The second-order valence-electron chi connectivity index (χ2n) is 7.53. The topological polar surface area (TPSA) is 59.5 Å². The highest BCUT2D eigenvalue weighted by molar-refractivity contribution is 6.07. The number of likely N-dealkylation sites (N-methyl/N-ethyl adjacent to an activating group) is 1. The Balaban J connectivity index is 1.61. The van der Waals surface area contributed by atoms with E-state index in [4.69, 9.17) is 4.99 Å². The van der Waals surface area contributed by atoms with Gasteiger partial charge in [-0.3, -0.25) is 9.69 Å². The first-order valence-electron chi connectivity index (χ1n) is 9.24. The fraction of sp³-hybridized carbons (Fsp3) is 0.526. The molecule has 1 aromatic carbocycles. The maximum Gasteiger partial charge on any atom is 0.328 e. The van der Waals surface area contributed by atoms with E-state index in [9.17, 15) is 9.59 Å². The monoisotopic (exact) mass is 355 g/mol. The Bertz CT molecular complexity index is 748. The first-order valence-corrected chi connectivity index (χ1v) is 9.24. The van der Waals surface area contributed by atoms with E-state index < -0.39 is 12.2 Å². The van der Waals surface area contributed by atoms with Crippen molar-refractivity contribution in [2.75, 3.05) is 31.6 Å². The minimum Gasteiger partial charge on any atom is -0.325 e. The van der Waals surface area contributed by atoms with Crippen LogP contribution in [0.3, 0.4) is 0 Å². The largest absolute Gasteiger partial charge is 0.328 e. The lowest BCUT2D eigenvalue weighted by Crippen LogP contribution is -2.64. The first kappa shape index (κ1) is 16.9. The first-order chi connectivity index (χ1) is 12.5. The van der Waals surface area contributed by atoms with Crippen molar-refractivity contribution >= 4 is 23.6 Å². The Kier molecular flexibility index (Phi) is 4.09.